The Hall–Kier alpha value is -2.74. The van der Waals surface area contributed by atoms with Gasteiger partial charge in [-0.2, -0.15) is 0 Å². The zero-order valence-electron chi connectivity index (χ0n) is 17.9. The van der Waals surface area contributed by atoms with Crippen molar-refractivity contribution in [3.63, 3.8) is 0 Å². The zero-order valence-corrected chi connectivity index (χ0v) is 17.9. The van der Waals surface area contributed by atoms with Gasteiger partial charge in [-0.05, 0) is 25.2 Å². The van der Waals surface area contributed by atoms with E-state index in [1.165, 1.54) is 19.2 Å². The monoisotopic (exact) mass is 457 g/mol. The molecule has 0 amide bonds. The average Bonchev–Trinajstić information content (AvgIpc) is 3.31. The van der Waals surface area contributed by atoms with E-state index in [4.69, 9.17) is 35.0 Å². The molecule has 0 unspecified atom stereocenters. The number of methoxy groups -OCH3 is 1. The molecule has 0 fully saturated rings. The molecule has 0 spiro atoms. The minimum absolute atomic E-state index is 0.0936. The number of carboxylic acids is 1. The molecule has 1 aromatic carbocycles. The summed E-state index contributed by atoms with van der Waals surface area (Å²) in [5.41, 5.74) is 0.166. The Morgan fingerprint density at radius 2 is 1.84 bits per heavy atom. The molecule has 4 atom stereocenters. The molecular formula is C20H31N3O9. The lowest BCUT2D eigenvalue weighted by Gasteiger charge is -2.25. The van der Waals surface area contributed by atoms with Gasteiger partial charge >= 0.3 is 5.97 Å². The molecule has 180 valence electrons. The molecule has 1 aromatic heterocycles. The molecule has 0 saturated heterocycles. The molecule has 7 N–H and O–H groups in total. The highest BCUT2D eigenvalue weighted by Gasteiger charge is 2.29. The van der Waals surface area contributed by atoms with Crippen LogP contribution in [0.1, 0.15) is 10.4 Å². The van der Waals surface area contributed by atoms with Gasteiger partial charge in [-0.3, -0.25) is 0 Å². The minimum Gasteiger partial charge on any atom is -0.493 e. The number of aliphatic hydroxyl groups excluding tert-OH is 5. The van der Waals surface area contributed by atoms with Gasteiger partial charge in [0.25, 0.3) is 0 Å². The van der Waals surface area contributed by atoms with E-state index in [0.29, 0.717) is 24.7 Å². The van der Waals surface area contributed by atoms with Gasteiger partial charge in [0.2, 0.25) is 0 Å². The Balaban J connectivity index is 0.000000347. The Bertz CT molecular complexity index is 789. The van der Waals surface area contributed by atoms with Crippen molar-refractivity contribution in [2.24, 2.45) is 0 Å². The average molecular weight is 457 g/mol. The predicted molar refractivity (Wildman–Crippen MR) is 113 cm³/mol. The Morgan fingerprint density at radius 3 is 2.38 bits per heavy atom. The van der Waals surface area contributed by atoms with E-state index in [-0.39, 0.29) is 12.1 Å². The number of aromatic carboxylic acids is 1. The highest BCUT2D eigenvalue weighted by Crippen LogP contribution is 2.28. The zero-order chi connectivity index (χ0) is 24.1. The lowest BCUT2D eigenvalue weighted by atomic mass is 10.0. The fourth-order valence-corrected chi connectivity index (χ4v) is 2.49. The summed E-state index contributed by atoms with van der Waals surface area (Å²) in [4.78, 5) is 14.8. The second-order valence-corrected chi connectivity index (χ2v) is 6.68. The first-order valence-corrected chi connectivity index (χ1v) is 9.72. The molecule has 0 aliphatic rings. The predicted octanol–water partition coefficient (Wildman–Crippen LogP) is -1.69. The summed E-state index contributed by atoms with van der Waals surface area (Å²) in [6.07, 6.45) is -0.407. The number of carboxylic acid groups (broad SMARTS) is 1. The van der Waals surface area contributed by atoms with Gasteiger partial charge in [0.1, 0.15) is 24.9 Å². The van der Waals surface area contributed by atoms with Crippen molar-refractivity contribution in [3.05, 3.63) is 42.5 Å². The van der Waals surface area contributed by atoms with E-state index in [1.54, 1.807) is 25.6 Å². The quantitative estimate of drug-likeness (QED) is 0.193. The maximum absolute atomic E-state index is 10.8. The molecule has 2 rings (SSSR count). The first-order valence-electron chi connectivity index (χ1n) is 9.72. The van der Waals surface area contributed by atoms with Crippen molar-refractivity contribution in [2.45, 2.75) is 31.0 Å². The lowest BCUT2D eigenvalue weighted by molar-refractivity contribution is -0.113. The van der Waals surface area contributed by atoms with Crippen LogP contribution in [0.4, 0.5) is 0 Å². The number of aliphatic hydroxyl groups is 5. The van der Waals surface area contributed by atoms with Gasteiger partial charge in [0.05, 0.1) is 38.3 Å². The summed E-state index contributed by atoms with van der Waals surface area (Å²) in [7, 11) is 3.05. The smallest absolute Gasteiger partial charge is 0.335 e. The van der Waals surface area contributed by atoms with Crippen LogP contribution in [0.5, 0.6) is 11.5 Å². The lowest BCUT2D eigenvalue weighted by Crippen LogP contribution is -2.48. The third-order valence-electron chi connectivity index (χ3n) is 4.32. The van der Waals surface area contributed by atoms with Gasteiger partial charge in [0, 0.05) is 18.9 Å². The van der Waals surface area contributed by atoms with Crippen molar-refractivity contribution in [3.8, 4) is 11.5 Å². The second-order valence-electron chi connectivity index (χ2n) is 6.68. The summed E-state index contributed by atoms with van der Waals surface area (Å²) in [6, 6.07) is 4.52. The van der Waals surface area contributed by atoms with Gasteiger partial charge in [-0.25, -0.2) is 9.78 Å². The summed E-state index contributed by atoms with van der Waals surface area (Å²) in [5.74, 6) is -0.0681. The van der Waals surface area contributed by atoms with Crippen molar-refractivity contribution < 1.29 is 44.9 Å². The number of aromatic nitrogens is 2. The van der Waals surface area contributed by atoms with Crippen molar-refractivity contribution in [2.75, 3.05) is 33.9 Å². The summed E-state index contributed by atoms with van der Waals surface area (Å²) < 4.78 is 12.6. The number of imidazole rings is 1. The van der Waals surface area contributed by atoms with Gasteiger partial charge in [-0.15, -0.1) is 0 Å². The Kier molecular flexibility index (Phi) is 12.2. The first kappa shape index (κ1) is 27.3. The molecule has 1 heterocycles. The highest BCUT2D eigenvalue weighted by molar-refractivity contribution is 5.88. The van der Waals surface area contributed by atoms with Gasteiger partial charge in [0.15, 0.2) is 11.5 Å². The fraction of sp³-hybridized carbons (Fsp3) is 0.500. The number of hydrogen-bond donors (Lipinski definition) is 7. The van der Waals surface area contributed by atoms with Crippen LogP contribution in [-0.2, 0) is 6.54 Å². The SMILES string of the molecule is CNC[C@H](O)[C@@H](O)[C@H](O)[C@H](O)CO.COc1cc(C(=O)O)ccc1OCCn1ccnc1. The molecular weight excluding hydrogens is 426 g/mol. The van der Waals surface area contributed by atoms with E-state index in [2.05, 4.69) is 10.3 Å². The van der Waals surface area contributed by atoms with Gasteiger partial charge in [-0.1, -0.05) is 0 Å². The van der Waals surface area contributed by atoms with Gasteiger partial charge < -0.3 is 50.0 Å². The third-order valence-corrected chi connectivity index (χ3v) is 4.32. The topological polar surface area (TPSA) is 187 Å². The molecule has 2 aromatic rings. The molecule has 0 saturated carbocycles. The van der Waals surface area contributed by atoms with Crippen LogP contribution >= 0.6 is 0 Å². The molecule has 12 nitrogen and oxygen atoms in total. The number of likely N-dealkylation sites (N-methyl/N-ethyl adjacent to an activating group) is 1. The maximum Gasteiger partial charge on any atom is 0.335 e. The number of nitrogens with one attached hydrogen (secondary N) is 1. The van der Waals surface area contributed by atoms with Crippen LogP contribution < -0.4 is 14.8 Å². The van der Waals surface area contributed by atoms with Crippen molar-refractivity contribution >= 4 is 5.97 Å². The number of hydrogen-bond acceptors (Lipinski definition) is 10. The van der Waals surface area contributed by atoms with Crippen LogP contribution in [-0.4, -0.2) is 104 Å². The van der Waals surface area contributed by atoms with Crippen molar-refractivity contribution in [1.29, 1.82) is 0 Å². The van der Waals surface area contributed by atoms with E-state index in [9.17, 15) is 9.90 Å². The largest absolute Gasteiger partial charge is 0.493 e. The van der Waals surface area contributed by atoms with Crippen LogP contribution in [0, 0.1) is 0 Å². The molecule has 0 bridgehead atoms. The number of benzene rings is 1. The second kappa shape index (κ2) is 14.3. The highest BCUT2D eigenvalue weighted by atomic mass is 16.5. The molecule has 12 heteroatoms. The van der Waals surface area contributed by atoms with E-state index in [0.717, 1.165) is 0 Å². The normalized spacial score (nSPS) is 14.5. The van der Waals surface area contributed by atoms with Crippen LogP contribution in [0.25, 0.3) is 0 Å². The standard InChI is InChI=1S/C13H14N2O4.C7H17NO5/c1-18-12-8-10(13(16)17)2-3-11(12)19-7-6-15-5-4-14-9-15;1-8-2-4(10)6(12)7(13)5(11)3-9/h2-5,8-9H,6-7H2,1H3,(H,16,17);4-13H,2-3H2,1H3/t;4-,5+,6+,7+/m.0/s1. The molecule has 0 aliphatic carbocycles. The molecule has 0 radical (unpaired) electrons. The van der Waals surface area contributed by atoms with Crippen LogP contribution in [0.2, 0.25) is 0 Å². The van der Waals surface area contributed by atoms with E-state index >= 15 is 0 Å². The first-order chi connectivity index (χ1) is 15.2. The van der Waals surface area contributed by atoms with Crippen molar-refractivity contribution in [1.82, 2.24) is 14.9 Å². The summed E-state index contributed by atoms with van der Waals surface area (Å²) >= 11 is 0. The van der Waals surface area contributed by atoms with Crippen LogP contribution in [0.15, 0.2) is 36.9 Å². The van der Waals surface area contributed by atoms with E-state index < -0.39 is 37.0 Å². The third kappa shape index (κ3) is 8.78. The Labute approximate surface area is 185 Å². The number of nitrogens with zero attached hydrogens (tertiary/aromatic N) is 2. The summed E-state index contributed by atoms with van der Waals surface area (Å²) in [6.45, 7) is 0.532. The van der Waals surface area contributed by atoms with E-state index in [1.807, 2.05) is 10.8 Å². The fourth-order valence-electron chi connectivity index (χ4n) is 2.49. The minimum atomic E-state index is -1.55. The number of rotatable bonds is 12. The molecule has 32 heavy (non-hydrogen) atoms. The number of carbonyl (C=O) groups is 1. The Morgan fingerprint density at radius 1 is 1.16 bits per heavy atom. The number of ether oxygens (including phenoxy) is 2. The van der Waals surface area contributed by atoms with Crippen LogP contribution in [0.3, 0.4) is 0 Å². The summed E-state index contributed by atoms with van der Waals surface area (Å²) in [5, 5.41) is 56.4. The molecule has 0 aliphatic heterocycles. The maximum atomic E-state index is 10.8.